The van der Waals surface area contributed by atoms with E-state index in [1.54, 1.807) is 0 Å². The van der Waals surface area contributed by atoms with Crippen LogP contribution in [0.5, 0.6) is 6.01 Å². The molecule has 13 heteroatoms. The first-order chi connectivity index (χ1) is 21.2. The lowest BCUT2D eigenvalue weighted by atomic mass is 10.0. The molecule has 0 aliphatic carbocycles. The number of nitriles is 1. The Morgan fingerprint density at radius 2 is 1.86 bits per heavy atom. The molecule has 1 N–H and O–H groups in total. The second-order valence-corrected chi connectivity index (χ2v) is 11.9. The minimum absolute atomic E-state index is 0.0733. The van der Waals surface area contributed by atoms with E-state index in [-0.39, 0.29) is 38.4 Å². The zero-order valence-corrected chi connectivity index (χ0v) is 25.0. The molecule has 0 radical (unpaired) electrons. The number of anilines is 2. The van der Waals surface area contributed by atoms with Crippen LogP contribution < -0.4 is 14.5 Å². The van der Waals surface area contributed by atoms with E-state index in [0.29, 0.717) is 63.1 Å². The SMILES string of the molecule is N#CC[C@H]1CN(c2nc(OCCN3CCC(F)(F)CC3)nc3c2CCN(c2cccc4cccc(Cl)c24)C3)CCN1C(=O)O. The summed E-state index contributed by atoms with van der Waals surface area (Å²) in [7, 11) is 0. The van der Waals surface area contributed by atoms with E-state index >= 15 is 0 Å². The van der Waals surface area contributed by atoms with Crippen molar-refractivity contribution in [2.75, 3.05) is 62.2 Å². The van der Waals surface area contributed by atoms with Gasteiger partial charge in [-0.15, -0.1) is 0 Å². The lowest BCUT2D eigenvalue weighted by Gasteiger charge is -2.41. The maximum absolute atomic E-state index is 13.6. The van der Waals surface area contributed by atoms with Gasteiger partial charge in [-0.2, -0.15) is 15.2 Å². The number of benzene rings is 2. The van der Waals surface area contributed by atoms with E-state index in [1.165, 1.54) is 4.90 Å². The van der Waals surface area contributed by atoms with Gasteiger partial charge in [0.1, 0.15) is 12.4 Å². The van der Waals surface area contributed by atoms with Crippen LogP contribution in [0, 0.1) is 11.3 Å². The van der Waals surface area contributed by atoms with Crippen molar-refractivity contribution in [1.82, 2.24) is 19.8 Å². The maximum atomic E-state index is 13.6. The number of alkyl halides is 2. The van der Waals surface area contributed by atoms with Crippen LogP contribution in [0.4, 0.5) is 25.1 Å². The van der Waals surface area contributed by atoms with E-state index in [2.05, 4.69) is 17.0 Å². The van der Waals surface area contributed by atoms with Crippen LogP contribution in [-0.4, -0.2) is 95.4 Å². The van der Waals surface area contributed by atoms with Gasteiger partial charge in [0.15, 0.2) is 0 Å². The number of amides is 1. The van der Waals surface area contributed by atoms with Gasteiger partial charge in [0.2, 0.25) is 0 Å². The van der Waals surface area contributed by atoms with Crippen LogP contribution in [0.1, 0.15) is 30.5 Å². The molecule has 1 atom stereocenters. The topological polar surface area (TPSA) is 109 Å². The van der Waals surface area contributed by atoms with Crippen molar-refractivity contribution in [2.45, 2.75) is 44.2 Å². The number of carboxylic acid groups (broad SMARTS) is 1. The molecule has 3 aliphatic rings. The quantitative estimate of drug-likeness (QED) is 0.386. The zero-order chi connectivity index (χ0) is 30.8. The molecule has 1 aromatic heterocycles. The van der Waals surface area contributed by atoms with Crippen molar-refractivity contribution in [3.05, 3.63) is 52.7 Å². The number of hydrogen-bond acceptors (Lipinski definition) is 8. The van der Waals surface area contributed by atoms with Gasteiger partial charge in [0.25, 0.3) is 5.92 Å². The summed E-state index contributed by atoms with van der Waals surface area (Å²) in [6.45, 7) is 3.52. The van der Waals surface area contributed by atoms with Crippen molar-refractivity contribution in [2.24, 2.45) is 0 Å². The third kappa shape index (κ3) is 6.30. The molecule has 1 amide bonds. The van der Waals surface area contributed by atoms with E-state index in [1.807, 2.05) is 40.1 Å². The summed E-state index contributed by atoms with van der Waals surface area (Å²) in [4.78, 5) is 29.0. The highest BCUT2D eigenvalue weighted by molar-refractivity contribution is 6.36. The number of ether oxygens (including phenoxy) is 1. The first kappa shape index (κ1) is 30.1. The summed E-state index contributed by atoms with van der Waals surface area (Å²) < 4.78 is 33.3. The van der Waals surface area contributed by atoms with Crippen molar-refractivity contribution in [1.29, 1.82) is 5.26 Å². The highest BCUT2D eigenvalue weighted by atomic mass is 35.5. The third-order valence-electron chi connectivity index (χ3n) is 8.78. The fraction of sp³-hybridized carbons (Fsp3) is 0.484. The van der Waals surface area contributed by atoms with E-state index in [4.69, 9.17) is 26.3 Å². The van der Waals surface area contributed by atoms with Gasteiger partial charge < -0.3 is 24.5 Å². The predicted molar refractivity (Wildman–Crippen MR) is 163 cm³/mol. The highest BCUT2D eigenvalue weighted by Gasteiger charge is 2.35. The van der Waals surface area contributed by atoms with Gasteiger partial charge in [-0.3, -0.25) is 4.90 Å². The van der Waals surface area contributed by atoms with Crippen LogP contribution >= 0.6 is 11.6 Å². The monoisotopic (exact) mass is 625 g/mol. The summed E-state index contributed by atoms with van der Waals surface area (Å²) in [6.07, 6.45) is -0.641. The standard InChI is InChI=1S/C31H34ClF2N7O3/c32-24-5-1-3-21-4-2-6-26(27(21)24)39-12-8-23-25(20-39)36-29(44-18-17-38-13-9-31(33,34)10-14-38)37-28(23)40-15-16-41(30(42)43)22(19-40)7-11-35/h1-6,22H,7-10,12-20H2,(H,42,43)/t22-/m0/s1. The second kappa shape index (κ2) is 12.6. The molecule has 0 saturated carbocycles. The molecule has 10 nitrogen and oxygen atoms in total. The molecular formula is C31H34ClF2N7O3. The summed E-state index contributed by atoms with van der Waals surface area (Å²) in [6, 6.07) is 13.8. The molecule has 2 saturated heterocycles. The Balaban J connectivity index is 1.28. The Kier molecular flexibility index (Phi) is 8.60. The van der Waals surface area contributed by atoms with Gasteiger partial charge in [-0.25, -0.2) is 13.6 Å². The summed E-state index contributed by atoms with van der Waals surface area (Å²) >= 11 is 6.65. The number of piperidine rings is 1. The Morgan fingerprint density at radius 1 is 1.09 bits per heavy atom. The number of halogens is 3. The van der Waals surface area contributed by atoms with Gasteiger partial charge >= 0.3 is 12.1 Å². The summed E-state index contributed by atoms with van der Waals surface area (Å²) in [5, 5.41) is 21.8. The van der Waals surface area contributed by atoms with Crippen molar-refractivity contribution in [3.63, 3.8) is 0 Å². The lowest BCUT2D eigenvalue weighted by Crippen LogP contribution is -2.55. The normalized spacial score (nSPS) is 20.3. The Hall–Kier alpha value is -3.95. The van der Waals surface area contributed by atoms with Gasteiger partial charge in [-0.05, 0) is 23.9 Å². The Bertz CT molecular complexity index is 1570. The van der Waals surface area contributed by atoms with E-state index in [0.717, 1.165) is 27.7 Å². The molecular weight excluding hydrogens is 592 g/mol. The number of likely N-dealkylation sites (tertiary alicyclic amines) is 1. The average molecular weight is 626 g/mol. The predicted octanol–water partition coefficient (Wildman–Crippen LogP) is 5.04. The number of piperazine rings is 1. The largest absolute Gasteiger partial charge is 0.465 e. The minimum Gasteiger partial charge on any atom is -0.465 e. The molecule has 3 aliphatic heterocycles. The van der Waals surface area contributed by atoms with Crippen LogP contribution in [0.25, 0.3) is 10.8 Å². The molecule has 3 aromatic rings. The van der Waals surface area contributed by atoms with Crippen LogP contribution in [0.3, 0.4) is 0 Å². The Morgan fingerprint density at radius 3 is 2.61 bits per heavy atom. The third-order valence-corrected chi connectivity index (χ3v) is 9.09. The average Bonchev–Trinajstić information content (AvgIpc) is 3.01. The fourth-order valence-electron chi connectivity index (χ4n) is 6.41. The minimum atomic E-state index is -2.61. The molecule has 0 spiro atoms. The summed E-state index contributed by atoms with van der Waals surface area (Å²) in [5.41, 5.74) is 2.78. The van der Waals surface area contributed by atoms with Crippen molar-refractivity contribution in [3.8, 4) is 12.1 Å². The highest BCUT2D eigenvalue weighted by Crippen LogP contribution is 2.37. The first-order valence-corrected chi connectivity index (χ1v) is 15.3. The maximum Gasteiger partial charge on any atom is 0.407 e. The number of rotatable bonds is 7. The Labute approximate surface area is 259 Å². The molecule has 4 heterocycles. The van der Waals surface area contributed by atoms with Crippen molar-refractivity contribution < 1.29 is 23.4 Å². The molecule has 0 bridgehead atoms. The zero-order valence-electron chi connectivity index (χ0n) is 24.3. The van der Waals surface area contributed by atoms with E-state index < -0.39 is 18.1 Å². The molecule has 6 rings (SSSR count). The number of hydrogen-bond donors (Lipinski definition) is 1. The lowest BCUT2D eigenvalue weighted by molar-refractivity contribution is -0.0565. The van der Waals surface area contributed by atoms with Gasteiger partial charge in [0.05, 0.1) is 35.8 Å². The molecule has 232 valence electrons. The van der Waals surface area contributed by atoms with Crippen LogP contribution in [0.15, 0.2) is 36.4 Å². The number of carbonyl (C=O) groups is 1. The number of aromatic nitrogens is 2. The van der Waals surface area contributed by atoms with Gasteiger partial charge in [-0.1, -0.05) is 35.9 Å². The van der Waals surface area contributed by atoms with Crippen LogP contribution in [-0.2, 0) is 13.0 Å². The second-order valence-electron chi connectivity index (χ2n) is 11.5. The number of nitrogens with zero attached hydrogens (tertiary/aromatic N) is 7. The molecule has 2 aromatic carbocycles. The first-order valence-electron chi connectivity index (χ1n) is 14.9. The summed E-state index contributed by atoms with van der Waals surface area (Å²) in [5.74, 6) is -1.92. The molecule has 0 unspecified atom stereocenters. The van der Waals surface area contributed by atoms with Gasteiger partial charge in [0, 0.05) is 75.3 Å². The molecule has 2 fully saturated rings. The van der Waals surface area contributed by atoms with E-state index in [9.17, 15) is 23.9 Å². The molecule has 44 heavy (non-hydrogen) atoms. The number of fused-ring (bicyclic) bond motifs is 2. The smallest absolute Gasteiger partial charge is 0.407 e. The fourth-order valence-corrected chi connectivity index (χ4v) is 6.69. The van der Waals surface area contributed by atoms with Crippen molar-refractivity contribution >= 4 is 40.0 Å². The van der Waals surface area contributed by atoms with Crippen LogP contribution in [0.2, 0.25) is 5.02 Å².